The Kier molecular flexibility index (Phi) is 11.2. The second-order valence-electron chi connectivity index (χ2n) is 5.78. The Labute approximate surface area is 159 Å². The van der Waals surface area contributed by atoms with Gasteiger partial charge in [-0.15, -0.1) is 0 Å². The quantitative estimate of drug-likeness (QED) is 0.488. The van der Waals surface area contributed by atoms with E-state index in [0.29, 0.717) is 13.1 Å². The number of rotatable bonds is 7. The van der Waals surface area contributed by atoms with Crippen LogP contribution in [0.5, 0.6) is 0 Å². The maximum atomic E-state index is 12.0. The van der Waals surface area contributed by atoms with Gasteiger partial charge in [0.15, 0.2) is 0 Å². The van der Waals surface area contributed by atoms with Crippen molar-refractivity contribution in [3.05, 3.63) is 17.6 Å². The highest BCUT2D eigenvalue weighted by Crippen LogP contribution is 2.09. The van der Waals surface area contributed by atoms with Gasteiger partial charge in [-0.2, -0.15) is 11.8 Å². The van der Waals surface area contributed by atoms with E-state index >= 15 is 0 Å². The maximum Gasteiger partial charge on any atom is 0.317 e. The fourth-order valence-corrected chi connectivity index (χ4v) is 3.31. The van der Waals surface area contributed by atoms with E-state index in [-0.39, 0.29) is 12.5 Å². The molecule has 146 valence electrons. The Hall–Kier alpha value is -2.03. The SMILES string of the molecule is CCCCc1nc(C)cc(NCCNC(=O)N2CCSCC2)n1.O=CO. The second-order valence-corrected chi connectivity index (χ2v) is 7.00. The van der Waals surface area contributed by atoms with Gasteiger partial charge in [0, 0.05) is 55.9 Å². The molecule has 1 saturated heterocycles. The summed E-state index contributed by atoms with van der Waals surface area (Å²) in [6, 6.07) is 1.98. The minimum atomic E-state index is -0.250. The van der Waals surface area contributed by atoms with Crippen molar-refractivity contribution in [1.29, 1.82) is 0 Å². The predicted octanol–water partition coefficient (Wildman–Crippen LogP) is 2.00. The summed E-state index contributed by atoms with van der Waals surface area (Å²) in [5.41, 5.74) is 0.975. The number of unbranched alkanes of at least 4 members (excludes halogenated alkanes) is 1. The summed E-state index contributed by atoms with van der Waals surface area (Å²) in [6.07, 6.45) is 3.16. The molecule has 0 aliphatic carbocycles. The van der Waals surface area contributed by atoms with Gasteiger partial charge in [-0.1, -0.05) is 13.3 Å². The Morgan fingerprint density at radius 3 is 2.69 bits per heavy atom. The van der Waals surface area contributed by atoms with Crippen LogP contribution in [0.3, 0.4) is 0 Å². The summed E-state index contributed by atoms with van der Waals surface area (Å²) in [5, 5.41) is 13.1. The van der Waals surface area contributed by atoms with E-state index < -0.39 is 0 Å². The fourth-order valence-electron chi connectivity index (χ4n) is 2.41. The molecule has 26 heavy (non-hydrogen) atoms. The van der Waals surface area contributed by atoms with Crippen LogP contribution in [-0.4, -0.2) is 70.2 Å². The van der Waals surface area contributed by atoms with Crippen LogP contribution < -0.4 is 10.6 Å². The summed E-state index contributed by atoms with van der Waals surface area (Å²) < 4.78 is 0. The molecule has 0 spiro atoms. The van der Waals surface area contributed by atoms with Crippen LogP contribution in [0.25, 0.3) is 0 Å². The van der Waals surface area contributed by atoms with Crippen LogP contribution in [-0.2, 0) is 11.2 Å². The molecular weight excluding hydrogens is 354 g/mol. The zero-order chi connectivity index (χ0) is 19.2. The lowest BCUT2D eigenvalue weighted by molar-refractivity contribution is -0.122. The number of anilines is 1. The van der Waals surface area contributed by atoms with E-state index in [2.05, 4.69) is 27.5 Å². The van der Waals surface area contributed by atoms with Crippen molar-refractivity contribution in [2.45, 2.75) is 33.1 Å². The molecule has 1 aliphatic heterocycles. The molecule has 8 nitrogen and oxygen atoms in total. The lowest BCUT2D eigenvalue weighted by atomic mass is 10.2. The normalized spacial score (nSPS) is 13.4. The van der Waals surface area contributed by atoms with Crippen molar-refractivity contribution < 1.29 is 14.7 Å². The number of aromatic nitrogens is 2. The van der Waals surface area contributed by atoms with Gasteiger partial charge in [-0.3, -0.25) is 4.79 Å². The second kappa shape index (κ2) is 13.2. The van der Waals surface area contributed by atoms with E-state index in [1.165, 1.54) is 0 Å². The van der Waals surface area contributed by atoms with Crippen LogP contribution >= 0.6 is 11.8 Å². The number of urea groups is 1. The molecule has 0 saturated carbocycles. The molecule has 0 radical (unpaired) electrons. The molecule has 0 atom stereocenters. The van der Waals surface area contributed by atoms with Crippen LogP contribution in [0, 0.1) is 6.92 Å². The minimum absolute atomic E-state index is 0.0367. The number of nitrogens with zero attached hydrogens (tertiary/aromatic N) is 3. The van der Waals surface area contributed by atoms with Gasteiger partial charge in [-0.25, -0.2) is 14.8 Å². The molecule has 1 aliphatic rings. The molecule has 1 fully saturated rings. The van der Waals surface area contributed by atoms with Crippen molar-refractivity contribution in [3.63, 3.8) is 0 Å². The molecule has 2 heterocycles. The smallest absolute Gasteiger partial charge is 0.317 e. The minimum Gasteiger partial charge on any atom is -0.483 e. The summed E-state index contributed by atoms with van der Waals surface area (Å²) in [7, 11) is 0. The van der Waals surface area contributed by atoms with E-state index in [1.807, 2.05) is 29.7 Å². The number of carbonyl (C=O) groups excluding carboxylic acids is 1. The topological polar surface area (TPSA) is 107 Å². The molecule has 9 heteroatoms. The van der Waals surface area contributed by atoms with E-state index in [1.54, 1.807) is 0 Å². The highest BCUT2D eigenvalue weighted by molar-refractivity contribution is 7.99. The van der Waals surface area contributed by atoms with Crippen LogP contribution in [0.2, 0.25) is 0 Å². The van der Waals surface area contributed by atoms with Gasteiger partial charge in [0.05, 0.1) is 0 Å². The predicted molar refractivity (Wildman–Crippen MR) is 105 cm³/mol. The lowest BCUT2D eigenvalue weighted by Gasteiger charge is -2.26. The Morgan fingerprint density at radius 1 is 1.35 bits per heavy atom. The average Bonchev–Trinajstić information content (AvgIpc) is 2.64. The Balaban J connectivity index is 0.00000105. The van der Waals surface area contributed by atoms with Gasteiger partial charge in [0.25, 0.3) is 6.47 Å². The van der Waals surface area contributed by atoms with Gasteiger partial charge < -0.3 is 20.6 Å². The monoisotopic (exact) mass is 383 g/mol. The number of nitrogens with one attached hydrogen (secondary N) is 2. The molecule has 0 bridgehead atoms. The fraction of sp³-hybridized carbons (Fsp3) is 0.647. The lowest BCUT2D eigenvalue weighted by Crippen LogP contribution is -2.45. The van der Waals surface area contributed by atoms with E-state index in [0.717, 1.165) is 61.2 Å². The van der Waals surface area contributed by atoms with Crippen molar-refractivity contribution in [1.82, 2.24) is 20.2 Å². The molecule has 1 aromatic heterocycles. The first-order valence-corrected chi connectivity index (χ1v) is 10.0. The molecule has 2 rings (SSSR count). The average molecular weight is 384 g/mol. The van der Waals surface area contributed by atoms with Crippen molar-refractivity contribution in [3.8, 4) is 0 Å². The van der Waals surface area contributed by atoms with Crippen LogP contribution in [0.15, 0.2) is 6.07 Å². The largest absolute Gasteiger partial charge is 0.483 e. The summed E-state index contributed by atoms with van der Waals surface area (Å²) in [6.45, 7) is 6.84. The number of hydrogen-bond donors (Lipinski definition) is 3. The summed E-state index contributed by atoms with van der Waals surface area (Å²) >= 11 is 1.90. The number of hydrogen-bond acceptors (Lipinski definition) is 6. The van der Waals surface area contributed by atoms with E-state index in [4.69, 9.17) is 9.90 Å². The standard InChI is InChI=1S/C16H27N5OS.CH2O2/c1-3-4-5-14-19-13(2)12-15(20-14)17-6-7-18-16(22)21-8-10-23-11-9-21;2-1-3/h12H,3-11H2,1-2H3,(H,18,22)(H,17,19,20);1H,(H,2,3). The number of aryl methyl sites for hydroxylation is 2. The molecular formula is C17H29N5O3S. The highest BCUT2D eigenvalue weighted by Gasteiger charge is 2.15. The van der Waals surface area contributed by atoms with Crippen molar-refractivity contribution in [2.75, 3.05) is 43.0 Å². The number of thioether (sulfide) groups is 1. The van der Waals surface area contributed by atoms with Crippen LogP contribution in [0.4, 0.5) is 10.6 Å². The third kappa shape index (κ3) is 8.89. The molecule has 0 aromatic carbocycles. The first kappa shape index (κ1) is 22.0. The molecule has 0 unspecified atom stereocenters. The molecule has 2 amide bonds. The molecule has 1 aromatic rings. The number of amides is 2. The first-order chi connectivity index (χ1) is 12.6. The summed E-state index contributed by atoms with van der Waals surface area (Å²) in [5.74, 6) is 3.80. The molecule has 3 N–H and O–H groups in total. The first-order valence-electron chi connectivity index (χ1n) is 8.87. The third-order valence-corrected chi connectivity index (χ3v) is 4.60. The van der Waals surface area contributed by atoms with E-state index in [9.17, 15) is 4.79 Å². The van der Waals surface area contributed by atoms with Gasteiger partial charge in [0.2, 0.25) is 0 Å². The highest BCUT2D eigenvalue weighted by atomic mass is 32.2. The Bertz CT molecular complexity index is 553. The summed E-state index contributed by atoms with van der Waals surface area (Å²) in [4.78, 5) is 31.2. The third-order valence-electron chi connectivity index (χ3n) is 3.66. The van der Waals surface area contributed by atoms with Gasteiger partial charge in [-0.05, 0) is 13.3 Å². The van der Waals surface area contributed by atoms with Gasteiger partial charge >= 0.3 is 6.03 Å². The Morgan fingerprint density at radius 2 is 2.04 bits per heavy atom. The van der Waals surface area contributed by atoms with Gasteiger partial charge in [0.1, 0.15) is 11.6 Å². The maximum absolute atomic E-state index is 12.0. The number of carbonyl (C=O) groups is 2. The number of carboxylic acid groups (broad SMARTS) is 1. The van der Waals surface area contributed by atoms with Crippen LogP contribution in [0.1, 0.15) is 31.3 Å². The zero-order valence-corrected chi connectivity index (χ0v) is 16.3. The zero-order valence-electron chi connectivity index (χ0n) is 15.5. The van der Waals surface area contributed by atoms with Crippen molar-refractivity contribution in [2.24, 2.45) is 0 Å². The van der Waals surface area contributed by atoms with Crippen molar-refractivity contribution >= 4 is 30.1 Å².